The molecule has 0 saturated carbocycles. The van der Waals surface area contributed by atoms with Gasteiger partial charge in [-0.2, -0.15) is 13.2 Å². The van der Waals surface area contributed by atoms with Crippen molar-refractivity contribution >= 4 is 29.0 Å². The van der Waals surface area contributed by atoms with Crippen LogP contribution in [0.2, 0.25) is 0 Å². The van der Waals surface area contributed by atoms with Gasteiger partial charge in [0.2, 0.25) is 0 Å². The highest BCUT2D eigenvalue weighted by molar-refractivity contribution is 7.07. The summed E-state index contributed by atoms with van der Waals surface area (Å²) in [4.78, 5) is 32.7. The molecule has 3 heterocycles. The normalized spacial score (nSPS) is 15.1. The number of thiazole rings is 1. The Bertz CT molecular complexity index is 2090. The van der Waals surface area contributed by atoms with E-state index in [1.807, 2.05) is 12.1 Å². The van der Waals surface area contributed by atoms with Gasteiger partial charge in [-0.25, -0.2) is 4.99 Å². The standard InChI is InChI=1S/C33H24F3N3O4S/c1-19-28(30(40)38-23-11-4-3-5-12-23)29(21-9-7-13-24(17-21)42-2)39-31(41)27(44-32(39)37-19)18-25-14-15-26(43-25)20-8-6-10-22(16-20)33(34,35)36/h3-18,29H,1-2H3,(H,38,40)/b27-18-. The fourth-order valence-electron chi connectivity index (χ4n) is 5.02. The van der Waals surface area contributed by atoms with E-state index < -0.39 is 29.2 Å². The van der Waals surface area contributed by atoms with Crippen LogP contribution in [0.15, 0.2) is 116 Å². The zero-order valence-corrected chi connectivity index (χ0v) is 24.2. The number of para-hydroxylation sites is 1. The van der Waals surface area contributed by atoms with Crippen molar-refractivity contribution < 1.29 is 27.1 Å². The number of benzene rings is 3. The maximum atomic E-state index is 14.0. The second-order valence-electron chi connectivity index (χ2n) is 9.96. The molecule has 1 amide bonds. The summed E-state index contributed by atoms with van der Waals surface area (Å²) >= 11 is 1.12. The predicted molar refractivity (Wildman–Crippen MR) is 161 cm³/mol. The number of ether oxygens (including phenoxy) is 1. The van der Waals surface area contributed by atoms with Gasteiger partial charge in [-0.3, -0.25) is 14.2 Å². The molecular formula is C33H24F3N3O4S. The molecule has 1 aliphatic rings. The number of carbonyl (C=O) groups is 1. The molecule has 1 atom stereocenters. The maximum absolute atomic E-state index is 14.0. The van der Waals surface area contributed by atoms with Gasteiger partial charge in [0, 0.05) is 17.3 Å². The number of hydrogen-bond acceptors (Lipinski definition) is 6. The predicted octanol–water partition coefficient (Wildman–Crippen LogP) is 6.16. The highest BCUT2D eigenvalue weighted by Crippen LogP contribution is 2.34. The molecule has 0 radical (unpaired) electrons. The Balaban J connectivity index is 1.44. The smallest absolute Gasteiger partial charge is 0.416 e. The van der Waals surface area contributed by atoms with Crippen LogP contribution in [0.25, 0.3) is 17.4 Å². The lowest BCUT2D eigenvalue weighted by molar-refractivity contribution is -0.137. The van der Waals surface area contributed by atoms with E-state index >= 15 is 0 Å². The second-order valence-corrected chi connectivity index (χ2v) is 11.0. The molecule has 6 rings (SSSR count). The molecule has 5 aromatic rings. The lowest BCUT2D eigenvalue weighted by Gasteiger charge is -2.25. The summed E-state index contributed by atoms with van der Waals surface area (Å²) in [5.74, 6) is 0.648. The summed E-state index contributed by atoms with van der Waals surface area (Å²) in [6, 6.07) is 23.3. The van der Waals surface area contributed by atoms with Crippen molar-refractivity contribution in [3.8, 4) is 17.1 Å². The van der Waals surface area contributed by atoms with Crippen LogP contribution in [0.3, 0.4) is 0 Å². The molecule has 0 bridgehead atoms. The van der Waals surface area contributed by atoms with Crippen molar-refractivity contribution in [2.75, 3.05) is 12.4 Å². The first-order chi connectivity index (χ1) is 21.1. The first-order valence-electron chi connectivity index (χ1n) is 13.4. The average molecular weight is 616 g/mol. The van der Waals surface area contributed by atoms with Gasteiger partial charge in [0.05, 0.1) is 34.5 Å². The Morgan fingerprint density at radius 1 is 1.02 bits per heavy atom. The molecular weight excluding hydrogens is 591 g/mol. The van der Waals surface area contributed by atoms with E-state index in [2.05, 4.69) is 10.3 Å². The van der Waals surface area contributed by atoms with E-state index in [4.69, 9.17) is 9.15 Å². The molecule has 0 saturated heterocycles. The number of anilines is 1. The minimum atomic E-state index is -4.49. The monoisotopic (exact) mass is 615 g/mol. The van der Waals surface area contributed by atoms with Crippen molar-refractivity contribution in [1.82, 2.24) is 4.57 Å². The SMILES string of the molecule is COc1cccc(C2C(C(=O)Nc3ccccc3)=C(C)N=c3s/c(=C\c4ccc(-c5cccc(C(F)(F)F)c5)o4)c(=O)n32)c1. The van der Waals surface area contributed by atoms with Gasteiger partial charge in [0.25, 0.3) is 11.5 Å². The van der Waals surface area contributed by atoms with E-state index in [1.54, 1.807) is 61.5 Å². The zero-order valence-electron chi connectivity index (χ0n) is 23.4. The van der Waals surface area contributed by atoms with E-state index in [1.165, 1.54) is 29.9 Å². The van der Waals surface area contributed by atoms with Crippen molar-refractivity contribution in [3.05, 3.63) is 139 Å². The molecule has 1 aliphatic heterocycles. The summed E-state index contributed by atoms with van der Waals surface area (Å²) in [5.41, 5.74) is 1.04. The highest BCUT2D eigenvalue weighted by Gasteiger charge is 2.33. The fraction of sp³-hybridized carbons (Fsp3) is 0.121. The first kappa shape index (κ1) is 28.9. The molecule has 1 unspecified atom stereocenters. The van der Waals surface area contributed by atoms with Crippen molar-refractivity contribution in [1.29, 1.82) is 0 Å². The Morgan fingerprint density at radius 2 is 1.80 bits per heavy atom. The molecule has 0 fully saturated rings. The Kier molecular flexibility index (Phi) is 7.56. The molecule has 11 heteroatoms. The Labute approximate surface area is 252 Å². The Morgan fingerprint density at radius 3 is 2.55 bits per heavy atom. The number of methoxy groups -OCH3 is 1. The van der Waals surface area contributed by atoms with Crippen LogP contribution in [0.1, 0.15) is 29.9 Å². The van der Waals surface area contributed by atoms with Crippen LogP contribution in [0.4, 0.5) is 18.9 Å². The number of amides is 1. The highest BCUT2D eigenvalue weighted by atomic mass is 32.1. The first-order valence-corrected chi connectivity index (χ1v) is 14.2. The van der Waals surface area contributed by atoms with Crippen LogP contribution in [-0.4, -0.2) is 17.6 Å². The Hall–Kier alpha value is -5.16. The van der Waals surface area contributed by atoms with E-state index in [-0.39, 0.29) is 21.6 Å². The summed E-state index contributed by atoms with van der Waals surface area (Å²) in [5, 5.41) is 2.91. The third-order valence-corrected chi connectivity index (χ3v) is 8.06. The van der Waals surface area contributed by atoms with Gasteiger partial charge in [-0.1, -0.05) is 53.8 Å². The van der Waals surface area contributed by atoms with Gasteiger partial charge < -0.3 is 14.5 Å². The van der Waals surface area contributed by atoms with Crippen molar-refractivity contribution in [2.45, 2.75) is 19.1 Å². The minimum absolute atomic E-state index is 0.222. The second kappa shape index (κ2) is 11.5. The molecule has 7 nitrogen and oxygen atoms in total. The van der Waals surface area contributed by atoms with E-state index in [9.17, 15) is 22.8 Å². The largest absolute Gasteiger partial charge is 0.497 e. The summed E-state index contributed by atoms with van der Waals surface area (Å²) in [6.07, 6.45) is -2.97. The molecule has 44 heavy (non-hydrogen) atoms. The molecule has 222 valence electrons. The van der Waals surface area contributed by atoms with Gasteiger partial charge in [0.15, 0.2) is 4.80 Å². The van der Waals surface area contributed by atoms with Gasteiger partial charge >= 0.3 is 6.18 Å². The molecule has 0 spiro atoms. The fourth-order valence-corrected chi connectivity index (χ4v) is 6.05. The minimum Gasteiger partial charge on any atom is -0.497 e. The topological polar surface area (TPSA) is 85.8 Å². The number of carbonyl (C=O) groups excluding carboxylic acids is 1. The van der Waals surface area contributed by atoms with Gasteiger partial charge in [-0.15, -0.1) is 0 Å². The van der Waals surface area contributed by atoms with Crippen LogP contribution in [0.5, 0.6) is 5.75 Å². The van der Waals surface area contributed by atoms with Crippen LogP contribution in [0, 0.1) is 0 Å². The average Bonchev–Trinajstić information content (AvgIpc) is 3.60. The summed E-state index contributed by atoms with van der Waals surface area (Å²) in [6.45, 7) is 1.72. The van der Waals surface area contributed by atoms with Gasteiger partial charge in [-0.05, 0) is 61.0 Å². The van der Waals surface area contributed by atoms with Crippen LogP contribution < -0.4 is 24.9 Å². The number of aromatic nitrogens is 1. The van der Waals surface area contributed by atoms with Crippen molar-refractivity contribution in [2.24, 2.45) is 4.99 Å². The summed E-state index contributed by atoms with van der Waals surface area (Å²) in [7, 11) is 1.53. The van der Waals surface area contributed by atoms with Gasteiger partial charge in [0.1, 0.15) is 17.3 Å². The zero-order chi connectivity index (χ0) is 31.0. The lowest BCUT2D eigenvalue weighted by Crippen LogP contribution is -2.40. The third kappa shape index (κ3) is 5.61. The number of furan rings is 1. The molecule has 3 aromatic carbocycles. The number of halogens is 3. The number of nitrogens with one attached hydrogen (secondary N) is 1. The van der Waals surface area contributed by atoms with Crippen molar-refractivity contribution in [3.63, 3.8) is 0 Å². The number of nitrogens with zero attached hydrogens (tertiary/aromatic N) is 2. The van der Waals surface area contributed by atoms with E-state index in [0.717, 1.165) is 23.5 Å². The third-order valence-electron chi connectivity index (χ3n) is 7.08. The number of hydrogen-bond donors (Lipinski definition) is 1. The number of fused-ring (bicyclic) bond motifs is 1. The molecule has 0 aliphatic carbocycles. The van der Waals surface area contributed by atoms with Crippen LogP contribution >= 0.6 is 11.3 Å². The van der Waals surface area contributed by atoms with E-state index in [0.29, 0.717) is 33.1 Å². The number of rotatable bonds is 6. The number of allylic oxidation sites excluding steroid dienone is 1. The maximum Gasteiger partial charge on any atom is 0.416 e. The molecule has 2 aromatic heterocycles. The number of alkyl halides is 3. The lowest BCUT2D eigenvalue weighted by atomic mass is 9.95. The quantitative estimate of drug-likeness (QED) is 0.248. The van der Waals surface area contributed by atoms with Crippen LogP contribution in [-0.2, 0) is 11.0 Å². The molecule has 1 N–H and O–H groups in total. The summed E-state index contributed by atoms with van der Waals surface area (Å²) < 4.78 is 52.7.